The van der Waals surface area contributed by atoms with Crippen LogP contribution in [0.4, 0.5) is 0 Å². The van der Waals surface area contributed by atoms with Crippen LogP contribution in [-0.4, -0.2) is 28.0 Å². The molecule has 0 amide bonds. The molecule has 6 nitrogen and oxygen atoms in total. The molecule has 1 N–H and O–H groups in total. The monoisotopic (exact) mass is 381 g/mol. The molecule has 4 aromatic rings. The number of methoxy groups -OCH3 is 1. The summed E-state index contributed by atoms with van der Waals surface area (Å²) in [5.41, 5.74) is 1.71. The second kappa shape index (κ2) is 6.89. The average Bonchev–Trinajstić information content (AvgIpc) is 3.10. The molecule has 1 atom stereocenters. The minimum Gasteiger partial charge on any atom is -0.481 e. The molecule has 0 spiro atoms. The van der Waals surface area contributed by atoms with Gasteiger partial charge in [0.1, 0.15) is 5.82 Å². The Morgan fingerprint density at radius 3 is 2.78 bits per heavy atom. The van der Waals surface area contributed by atoms with Gasteiger partial charge in [-0.15, -0.1) is 0 Å². The molecule has 2 aromatic heterocycles. The standard InChI is InChI=1S/C20H16ClN3O3/c1-11(18-22-15-8-7-13(21)10-16(15)23-18)27-20(25)17-9-12-5-3-4-6-14(12)19(24-17)26-2/h3-11H,1-2H3,(H,22,23). The van der Waals surface area contributed by atoms with Crippen LogP contribution in [0, 0.1) is 0 Å². The Hall–Kier alpha value is -3.12. The fraction of sp³-hybridized carbons (Fsp3) is 0.150. The van der Waals surface area contributed by atoms with Crippen molar-refractivity contribution < 1.29 is 14.3 Å². The maximum atomic E-state index is 12.6. The number of ether oxygens (including phenoxy) is 2. The Morgan fingerprint density at radius 2 is 1.96 bits per heavy atom. The molecule has 0 aliphatic rings. The number of benzene rings is 2. The predicted octanol–water partition coefficient (Wildman–Crippen LogP) is 4.69. The van der Waals surface area contributed by atoms with Crippen LogP contribution in [0.5, 0.6) is 5.88 Å². The maximum Gasteiger partial charge on any atom is 0.357 e. The third-order valence-corrected chi connectivity index (χ3v) is 4.47. The lowest BCUT2D eigenvalue weighted by Crippen LogP contribution is -2.12. The molecule has 136 valence electrons. The van der Waals surface area contributed by atoms with Crippen molar-refractivity contribution in [3.63, 3.8) is 0 Å². The van der Waals surface area contributed by atoms with E-state index >= 15 is 0 Å². The smallest absolute Gasteiger partial charge is 0.357 e. The summed E-state index contributed by atoms with van der Waals surface area (Å²) in [6.07, 6.45) is -0.581. The first kappa shape index (κ1) is 17.3. The van der Waals surface area contributed by atoms with Crippen molar-refractivity contribution in [2.45, 2.75) is 13.0 Å². The SMILES string of the molecule is COc1nc(C(=O)OC(C)c2nc3ccc(Cl)cc3[nH]2)cc2ccccc12. The largest absolute Gasteiger partial charge is 0.481 e. The third-order valence-electron chi connectivity index (χ3n) is 4.24. The van der Waals surface area contributed by atoms with E-state index in [1.807, 2.05) is 30.3 Å². The molecule has 2 heterocycles. The zero-order valence-electron chi connectivity index (χ0n) is 14.7. The van der Waals surface area contributed by atoms with Gasteiger partial charge in [-0.2, -0.15) is 0 Å². The van der Waals surface area contributed by atoms with Gasteiger partial charge in [-0.1, -0.05) is 29.8 Å². The zero-order chi connectivity index (χ0) is 19.0. The number of halogens is 1. The van der Waals surface area contributed by atoms with Gasteiger partial charge in [0.2, 0.25) is 5.88 Å². The van der Waals surface area contributed by atoms with E-state index in [2.05, 4.69) is 15.0 Å². The lowest BCUT2D eigenvalue weighted by Gasteiger charge is -2.12. The van der Waals surface area contributed by atoms with E-state index in [1.54, 1.807) is 25.1 Å². The summed E-state index contributed by atoms with van der Waals surface area (Å²) in [6, 6.07) is 14.6. The number of imidazole rings is 1. The molecule has 2 aromatic carbocycles. The van der Waals surface area contributed by atoms with Crippen LogP contribution in [0.15, 0.2) is 48.5 Å². The third kappa shape index (κ3) is 3.31. The number of H-pyrrole nitrogens is 1. The molecule has 4 rings (SSSR count). The fourth-order valence-corrected chi connectivity index (χ4v) is 3.07. The number of carbonyl (C=O) groups is 1. The van der Waals surface area contributed by atoms with Crippen LogP contribution >= 0.6 is 11.6 Å². The molecule has 0 fully saturated rings. The molecule has 0 radical (unpaired) electrons. The average molecular weight is 382 g/mol. The Morgan fingerprint density at radius 1 is 1.15 bits per heavy atom. The normalized spacial score (nSPS) is 12.3. The minimum absolute atomic E-state index is 0.177. The van der Waals surface area contributed by atoms with E-state index in [0.717, 1.165) is 21.8 Å². The second-order valence-corrected chi connectivity index (χ2v) is 6.51. The molecule has 0 bridgehead atoms. The van der Waals surface area contributed by atoms with E-state index in [1.165, 1.54) is 7.11 Å². The van der Waals surface area contributed by atoms with E-state index in [-0.39, 0.29) is 5.69 Å². The van der Waals surface area contributed by atoms with Gasteiger partial charge in [0.05, 0.1) is 18.1 Å². The van der Waals surface area contributed by atoms with Gasteiger partial charge in [-0.25, -0.2) is 14.8 Å². The molecule has 0 saturated carbocycles. The van der Waals surface area contributed by atoms with Gasteiger partial charge in [0.15, 0.2) is 11.8 Å². The van der Waals surface area contributed by atoms with Crippen molar-refractivity contribution >= 4 is 39.4 Å². The summed E-state index contributed by atoms with van der Waals surface area (Å²) in [4.78, 5) is 24.5. The molecular formula is C20H16ClN3O3. The van der Waals surface area contributed by atoms with Crippen molar-refractivity contribution in [2.75, 3.05) is 7.11 Å². The van der Waals surface area contributed by atoms with Crippen LogP contribution in [-0.2, 0) is 4.74 Å². The van der Waals surface area contributed by atoms with Crippen molar-refractivity contribution in [3.05, 3.63) is 65.1 Å². The molecule has 0 saturated heterocycles. The van der Waals surface area contributed by atoms with Crippen molar-refractivity contribution in [2.24, 2.45) is 0 Å². The quantitative estimate of drug-likeness (QED) is 0.519. The number of carbonyl (C=O) groups excluding carboxylic acids is 1. The first-order chi connectivity index (χ1) is 13.0. The van der Waals surface area contributed by atoms with Crippen LogP contribution in [0.1, 0.15) is 29.3 Å². The number of rotatable bonds is 4. The number of aromatic amines is 1. The highest BCUT2D eigenvalue weighted by molar-refractivity contribution is 6.31. The predicted molar refractivity (Wildman–Crippen MR) is 103 cm³/mol. The van der Waals surface area contributed by atoms with E-state index < -0.39 is 12.1 Å². The number of pyridine rings is 1. The first-order valence-corrected chi connectivity index (χ1v) is 8.73. The van der Waals surface area contributed by atoms with Crippen LogP contribution in [0.25, 0.3) is 21.8 Å². The van der Waals surface area contributed by atoms with E-state index in [9.17, 15) is 4.79 Å². The number of nitrogens with one attached hydrogen (secondary N) is 1. The number of hydrogen-bond acceptors (Lipinski definition) is 5. The maximum absolute atomic E-state index is 12.6. The number of nitrogens with zero attached hydrogens (tertiary/aromatic N) is 2. The Balaban J connectivity index is 1.61. The van der Waals surface area contributed by atoms with Crippen LogP contribution in [0.3, 0.4) is 0 Å². The minimum atomic E-state index is -0.581. The van der Waals surface area contributed by atoms with Crippen molar-refractivity contribution in [1.29, 1.82) is 0 Å². The zero-order valence-corrected chi connectivity index (χ0v) is 15.4. The van der Waals surface area contributed by atoms with Gasteiger partial charge in [0.25, 0.3) is 0 Å². The number of fused-ring (bicyclic) bond motifs is 2. The highest BCUT2D eigenvalue weighted by Crippen LogP contribution is 2.26. The summed E-state index contributed by atoms with van der Waals surface area (Å²) in [5.74, 6) is 0.365. The second-order valence-electron chi connectivity index (χ2n) is 6.07. The summed E-state index contributed by atoms with van der Waals surface area (Å²) in [7, 11) is 1.52. The Labute approximate surface area is 160 Å². The fourth-order valence-electron chi connectivity index (χ4n) is 2.90. The van der Waals surface area contributed by atoms with Gasteiger partial charge in [-0.05, 0) is 42.6 Å². The Kier molecular flexibility index (Phi) is 4.41. The number of hydrogen-bond donors (Lipinski definition) is 1. The Bertz CT molecular complexity index is 1160. The topological polar surface area (TPSA) is 77.1 Å². The summed E-state index contributed by atoms with van der Waals surface area (Å²) >= 11 is 5.99. The molecule has 27 heavy (non-hydrogen) atoms. The lowest BCUT2D eigenvalue weighted by atomic mass is 10.1. The van der Waals surface area contributed by atoms with Crippen LogP contribution < -0.4 is 4.74 Å². The van der Waals surface area contributed by atoms with Gasteiger partial charge in [0, 0.05) is 10.4 Å². The van der Waals surface area contributed by atoms with Crippen LogP contribution in [0.2, 0.25) is 5.02 Å². The lowest BCUT2D eigenvalue weighted by molar-refractivity contribution is 0.0314. The molecular weight excluding hydrogens is 366 g/mol. The van der Waals surface area contributed by atoms with E-state index in [0.29, 0.717) is 16.7 Å². The highest BCUT2D eigenvalue weighted by atomic mass is 35.5. The molecule has 7 heteroatoms. The van der Waals surface area contributed by atoms with Gasteiger partial charge in [-0.3, -0.25) is 0 Å². The van der Waals surface area contributed by atoms with Gasteiger partial charge < -0.3 is 14.5 Å². The highest BCUT2D eigenvalue weighted by Gasteiger charge is 2.19. The first-order valence-electron chi connectivity index (χ1n) is 8.35. The van der Waals surface area contributed by atoms with E-state index in [4.69, 9.17) is 21.1 Å². The summed E-state index contributed by atoms with van der Waals surface area (Å²) in [5, 5.41) is 2.29. The summed E-state index contributed by atoms with van der Waals surface area (Å²) < 4.78 is 10.9. The molecule has 0 aliphatic heterocycles. The number of aromatic nitrogens is 3. The molecule has 1 unspecified atom stereocenters. The van der Waals surface area contributed by atoms with Crippen molar-refractivity contribution in [1.82, 2.24) is 15.0 Å². The summed E-state index contributed by atoms with van der Waals surface area (Å²) in [6.45, 7) is 1.75. The number of esters is 1. The molecule has 0 aliphatic carbocycles. The van der Waals surface area contributed by atoms with Gasteiger partial charge >= 0.3 is 5.97 Å². The van der Waals surface area contributed by atoms with Crippen molar-refractivity contribution in [3.8, 4) is 5.88 Å².